The van der Waals surface area contributed by atoms with Crippen LogP contribution < -0.4 is 5.32 Å². The van der Waals surface area contributed by atoms with Crippen LogP contribution in [0.5, 0.6) is 0 Å². The molecule has 8 heavy (non-hydrogen) atoms. The Bertz CT molecular complexity index is 70.8. The Labute approximate surface area is 51.5 Å². The Balaban J connectivity index is 2.30. The van der Waals surface area contributed by atoms with E-state index in [9.17, 15) is 0 Å². The van der Waals surface area contributed by atoms with Crippen molar-refractivity contribution in [3.8, 4) is 0 Å². The van der Waals surface area contributed by atoms with E-state index in [4.69, 9.17) is 0 Å². The van der Waals surface area contributed by atoms with E-state index in [0.717, 1.165) is 12.0 Å². The van der Waals surface area contributed by atoms with Gasteiger partial charge in [-0.05, 0) is 25.3 Å². The maximum absolute atomic E-state index is 3.46. The van der Waals surface area contributed by atoms with Crippen LogP contribution in [0.4, 0.5) is 0 Å². The quantitative estimate of drug-likeness (QED) is 0.542. The standard InChI is InChI=1S/C7H15N/c1-3-7-6(2)4-5-8-7/h6-8H,3-5H2,1-2H3/t6?,7-/m1/s1. The van der Waals surface area contributed by atoms with Gasteiger partial charge in [-0.2, -0.15) is 0 Å². The molecule has 0 saturated carbocycles. The van der Waals surface area contributed by atoms with Crippen LogP contribution in [0.3, 0.4) is 0 Å². The second kappa shape index (κ2) is 2.49. The van der Waals surface area contributed by atoms with Crippen molar-refractivity contribution in [1.29, 1.82) is 0 Å². The molecule has 0 aromatic carbocycles. The van der Waals surface area contributed by atoms with E-state index >= 15 is 0 Å². The van der Waals surface area contributed by atoms with Gasteiger partial charge in [-0.1, -0.05) is 13.8 Å². The second-order valence-corrected chi connectivity index (χ2v) is 2.73. The summed E-state index contributed by atoms with van der Waals surface area (Å²) in [6.07, 6.45) is 2.67. The van der Waals surface area contributed by atoms with Crippen molar-refractivity contribution in [2.24, 2.45) is 5.92 Å². The zero-order chi connectivity index (χ0) is 5.98. The first kappa shape index (κ1) is 6.09. The van der Waals surface area contributed by atoms with E-state index in [1.807, 2.05) is 0 Å². The molecule has 0 amide bonds. The molecule has 1 heteroatoms. The van der Waals surface area contributed by atoms with Crippen molar-refractivity contribution < 1.29 is 0 Å². The number of nitrogens with one attached hydrogen (secondary N) is 1. The van der Waals surface area contributed by atoms with Crippen LogP contribution in [0.1, 0.15) is 26.7 Å². The molecule has 1 unspecified atom stereocenters. The summed E-state index contributed by atoms with van der Waals surface area (Å²) in [7, 11) is 0. The van der Waals surface area contributed by atoms with Gasteiger partial charge in [0.05, 0.1) is 0 Å². The van der Waals surface area contributed by atoms with Crippen molar-refractivity contribution in [2.75, 3.05) is 6.54 Å². The molecule has 1 heterocycles. The highest BCUT2D eigenvalue weighted by Crippen LogP contribution is 2.15. The maximum atomic E-state index is 3.46. The fraction of sp³-hybridized carbons (Fsp3) is 1.00. The predicted molar refractivity (Wildman–Crippen MR) is 35.9 cm³/mol. The van der Waals surface area contributed by atoms with Gasteiger partial charge < -0.3 is 5.32 Å². The molecule has 2 atom stereocenters. The van der Waals surface area contributed by atoms with Crippen LogP contribution in [0.25, 0.3) is 0 Å². The SMILES string of the molecule is CC[C@H]1NCCC1C. The van der Waals surface area contributed by atoms with Gasteiger partial charge in [0.2, 0.25) is 0 Å². The zero-order valence-corrected chi connectivity index (χ0v) is 5.78. The van der Waals surface area contributed by atoms with E-state index in [0.29, 0.717) is 0 Å². The highest BCUT2D eigenvalue weighted by atomic mass is 14.9. The number of hydrogen-bond donors (Lipinski definition) is 1. The Hall–Kier alpha value is -0.0400. The van der Waals surface area contributed by atoms with Gasteiger partial charge in [0.15, 0.2) is 0 Å². The largest absolute Gasteiger partial charge is 0.314 e. The lowest BCUT2D eigenvalue weighted by Gasteiger charge is -2.10. The average Bonchev–Trinajstić information content (AvgIpc) is 2.14. The molecule has 1 nitrogen and oxygen atoms in total. The van der Waals surface area contributed by atoms with Gasteiger partial charge in [0, 0.05) is 6.04 Å². The first-order valence-corrected chi connectivity index (χ1v) is 3.58. The second-order valence-electron chi connectivity index (χ2n) is 2.73. The summed E-state index contributed by atoms with van der Waals surface area (Å²) in [6, 6.07) is 0.815. The molecule has 0 spiro atoms. The summed E-state index contributed by atoms with van der Waals surface area (Å²) in [5.74, 6) is 0.917. The van der Waals surface area contributed by atoms with Gasteiger partial charge in [-0.15, -0.1) is 0 Å². The predicted octanol–water partition coefficient (Wildman–Crippen LogP) is 1.39. The lowest BCUT2D eigenvalue weighted by Crippen LogP contribution is -2.24. The smallest absolute Gasteiger partial charge is 0.00905 e. The van der Waals surface area contributed by atoms with Gasteiger partial charge in [-0.3, -0.25) is 0 Å². The third-order valence-electron chi connectivity index (χ3n) is 2.13. The van der Waals surface area contributed by atoms with E-state index in [2.05, 4.69) is 19.2 Å². The summed E-state index contributed by atoms with van der Waals surface area (Å²) < 4.78 is 0. The lowest BCUT2D eigenvalue weighted by molar-refractivity contribution is 0.470. The highest BCUT2D eigenvalue weighted by molar-refractivity contribution is 4.78. The molecule has 0 aliphatic carbocycles. The van der Waals surface area contributed by atoms with Gasteiger partial charge in [0.25, 0.3) is 0 Å². The first-order chi connectivity index (χ1) is 3.84. The zero-order valence-electron chi connectivity index (χ0n) is 5.78. The molecule has 0 aromatic rings. The Morgan fingerprint density at radius 1 is 1.62 bits per heavy atom. The molecule has 1 saturated heterocycles. The summed E-state index contributed by atoms with van der Waals surface area (Å²) in [5.41, 5.74) is 0. The fourth-order valence-corrected chi connectivity index (χ4v) is 1.45. The van der Waals surface area contributed by atoms with Crippen LogP contribution in [-0.4, -0.2) is 12.6 Å². The molecule has 48 valence electrons. The van der Waals surface area contributed by atoms with Crippen LogP contribution >= 0.6 is 0 Å². The summed E-state index contributed by atoms with van der Waals surface area (Å²) in [5, 5.41) is 3.46. The van der Waals surface area contributed by atoms with E-state index in [1.54, 1.807) is 0 Å². The van der Waals surface area contributed by atoms with E-state index in [-0.39, 0.29) is 0 Å². The first-order valence-electron chi connectivity index (χ1n) is 3.58. The minimum atomic E-state index is 0.815. The fourth-order valence-electron chi connectivity index (χ4n) is 1.45. The van der Waals surface area contributed by atoms with Crippen LogP contribution in [-0.2, 0) is 0 Å². The minimum absolute atomic E-state index is 0.815. The van der Waals surface area contributed by atoms with Gasteiger partial charge >= 0.3 is 0 Å². The Morgan fingerprint density at radius 2 is 2.38 bits per heavy atom. The summed E-state index contributed by atoms with van der Waals surface area (Å²) >= 11 is 0. The Morgan fingerprint density at radius 3 is 2.62 bits per heavy atom. The third-order valence-corrected chi connectivity index (χ3v) is 2.13. The highest BCUT2D eigenvalue weighted by Gasteiger charge is 2.19. The van der Waals surface area contributed by atoms with Crippen LogP contribution in [0.15, 0.2) is 0 Å². The van der Waals surface area contributed by atoms with Crippen LogP contribution in [0, 0.1) is 5.92 Å². The monoisotopic (exact) mass is 113 g/mol. The molecule has 0 bridgehead atoms. The molecule has 1 N–H and O–H groups in total. The molecule has 1 aliphatic heterocycles. The van der Waals surface area contributed by atoms with Crippen molar-refractivity contribution >= 4 is 0 Å². The third kappa shape index (κ3) is 1.03. The van der Waals surface area contributed by atoms with E-state index < -0.39 is 0 Å². The molecule has 1 rings (SSSR count). The van der Waals surface area contributed by atoms with Crippen molar-refractivity contribution in [1.82, 2.24) is 5.32 Å². The van der Waals surface area contributed by atoms with E-state index in [1.165, 1.54) is 19.4 Å². The summed E-state index contributed by atoms with van der Waals surface area (Å²) in [4.78, 5) is 0. The molecule has 1 aliphatic rings. The number of hydrogen-bond acceptors (Lipinski definition) is 1. The summed E-state index contributed by atoms with van der Waals surface area (Å²) in [6.45, 7) is 5.81. The maximum Gasteiger partial charge on any atom is 0.00905 e. The molecule has 0 radical (unpaired) electrons. The molecular weight excluding hydrogens is 98.1 g/mol. The minimum Gasteiger partial charge on any atom is -0.314 e. The molecule has 0 aromatic heterocycles. The Kier molecular flexibility index (Phi) is 1.90. The average molecular weight is 113 g/mol. The van der Waals surface area contributed by atoms with Gasteiger partial charge in [-0.25, -0.2) is 0 Å². The molecular formula is C7H15N. The lowest BCUT2D eigenvalue weighted by atomic mass is 10.0. The van der Waals surface area contributed by atoms with Crippen molar-refractivity contribution in [2.45, 2.75) is 32.7 Å². The topological polar surface area (TPSA) is 12.0 Å². The molecule has 1 fully saturated rings. The van der Waals surface area contributed by atoms with Crippen LogP contribution in [0.2, 0.25) is 0 Å². The van der Waals surface area contributed by atoms with Crippen molar-refractivity contribution in [3.63, 3.8) is 0 Å². The normalized spacial score (nSPS) is 38.2. The van der Waals surface area contributed by atoms with Crippen molar-refractivity contribution in [3.05, 3.63) is 0 Å². The number of rotatable bonds is 1. The van der Waals surface area contributed by atoms with Gasteiger partial charge in [0.1, 0.15) is 0 Å².